The molecule has 1 aliphatic carbocycles. The van der Waals surface area contributed by atoms with Gasteiger partial charge in [-0.3, -0.25) is 9.78 Å². The summed E-state index contributed by atoms with van der Waals surface area (Å²) in [6.07, 6.45) is 7.42. The average molecular weight is 421 g/mol. The van der Waals surface area contributed by atoms with Crippen LogP contribution < -0.4 is 5.32 Å². The molecule has 5 nitrogen and oxygen atoms in total. The van der Waals surface area contributed by atoms with Gasteiger partial charge in [0.25, 0.3) is 5.91 Å². The van der Waals surface area contributed by atoms with E-state index >= 15 is 0 Å². The molecule has 0 spiro atoms. The Labute approximate surface area is 182 Å². The normalized spacial score (nSPS) is 21.3. The number of amides is 1. The maximum Gasteiger partial charge on any atom is 0.252 e. The fourth-order valence-electron chi connectivity index (χ4n) is 4.68. The van der Waals surface area contributed by atoms with Crippen LogP contribution in [0.3, 0.4) is 0 Å². The number of hydrogen-bond acceptors (Lipinski definition) is 3. The molecule has 31 heavy (non-hydrogen) atoms. The molecular weight excluding hydrogens is 391 g/mol. The van der Waals surface area contributed by atoms with Gasteiger partial charge >= 0.3 is 0 Å². The quantitative estimate of drug-likeness (QED) is 0.556. The van der Waals surface area contributed by atoms with Crippen molar-refractivity contribution in [2.75, 3.05) is 6.54 Å². The summed E-state index contributed by atoms with van der Waals surface area (Å²) in [5.74, 6) is 2.18. The molecule has 1 aromatic carbocycles. The summed E-state index contributed by atoms with van der Waals surface area (Å²) in [5, 5.41) is 3.08. The topological polar surface area (TPSA) is 70.7 Å². The zero-order valence-corrected chi connectivity index (χ0v) is 18.2. The fourth-order valence-corrected chi connectivity index (χ4v) is 4.68. The lowest BCUT2D eigenvalue weighted by Gasteiger charge is -2.37. The molecule has 0 fully saturated rings. The summed E-state index contributed by atoms with van der Waals surface area (Å²) in [7, 11) is 0. The third-order valence-corrected chi connectivity index (χ3v) is 6.44. The molecule has 6 heteroatoms. The number of nitrogens with zero attached hydrogens (tertiary/aromatic N) is 2. The monoisotopic (exact) mass is 420 g/mol. The van der Waals surface area contributed by atoms with Crippen LogP contribution in [0.15, 0.2) is 54.4 Å². The Kier molecular flexibility index (Phi) is 6.16. The van der Waals surface area contributed by atoms with Gasteiger partial charge in [0.1, 0.15) is 11.6 Å². The molecule has 4 rings (SSSR count). The van der Waals surface area contributed by atoms with E-state index in [1.165, 1.54) is 17.7 Å². The van der Waals surface area contributed by atoms with Crippen molar-refractivity contribution in [2.45, 2.75) is 33.6 Å². The molecule has 1 amide bonds. The lowest BCUT2D eigenvalue weighted by Crippen LogP contribution is -2.37. The number of benzene rings is 1. The van der Waals surface area contributed by atoms with Crippen LogP contribution >= 0.6 is 0 Å². The number of nitrogens with one attached hydrogen (secondary N) is 2. The van der Waals surface area contributed by atoms with Crippen molar-refractivity contribution in [1.29, 1.82) is 0 Å². The zero-order valence-electron chi connectivity index (χ0n) is 18.2. The molecule has 2 N–H and O–H groups in total. The zero-order chi connectivity index (χ0) is 22.0. The highest BCUT2D eigenvalue weighted by atomic mass is 19.1. The van der Waals surface area contributed by atoms with E-state index in [-0.39, 0.29) is 11.7 Å². The first-order valence-corrected chi connectivity index (χ1v) is 10.9. The maximum atomic E-state index is 13.5. The number of fused-ring (bicyclic) bond motifs is 1. The van der Waals surface area contributed by atoms with Crippen LogP contribution in [-0.4, -0.2) is 27.4 Å². The molecule has 2 aromatic heterocycles. The Hall–Kier alpha value is -3.02. The number of allylic oxidation sites excluding steroid dienone is 1. The van der Waals surface area contributed by atoms with Crippen molar-refractivity contribution in [3.05, 3.63) is 71.6 Å². The second-order valence-electron chi connectivity index (χ2n) is 8.92. The van der Waals surface area contributed by atoms with Crippen LogP contribution in [0.4, 0.5) is 4.39 Å². The SMILES string of the molecule is CC1=C[C@@H](CNC(=O)c2cccnc2)[C@H](C(C)C)C[C@H]1Cc1nc2ccc(F)cc2[nH]1. The summed E-state index contributed by atoms with van der Waals surface area (Å²) in [5.41, 5.74) is 3.44. The van der Waals surface area contributed by atoms with Gasteiger partial charge in [-0.1, -0.05) is 25.5 Å². The molecule has 0 saturated heterocycles. The molecule has 1 aliphatic rings. The second kappa shape index (κ2) is 9.00. The number of carbonyl (C=O) groups is 1. The average Bonchev–Trinajstić information content (AvgIpc) is 3.15. The molecule has 0 bridgehead atoms. The lowest BCUT2D eigenvalue weighted by atomic mass is 9.69. The Balaban J connectivity index is 1.47. The summed E-state index contributed by atoms with van der Waals surface area (Å²) in [6, 6.07) is 8.20. The number of H-pyrrole nitrogens is 1. The van der Waals surface area contributed by atoms with E-state index in [0.717, 1.165) is 29.7 Å². The Bertz CT molecular complexity index is 1090. The van der Waals surface area contributed by atoms with Gasteiger partial charge in [0.2, 0.25) is 0 Å². The van der Waals surface area contributed by atoms with Gasteiger partial charge in [-0.05, 0) is 67.3 Å². The van der Waals surface area contributed by atoms with E-state index in [1.807, 2.05) is 0 Å². The predicted molar refractivity (Wildman–Crippen MR) is 120 cm³/mol. The van der Waals surface area contributed by atoms with E-state index in [2.05, 4.69) is 47.1 Å². The lowest BCUT2D eigenvalue weighted by molar-refractivity contribution is 0.0938. The molecule has 0 aliphatic heterocycles. The van der Waals surface area contributed by atoms with Crippen molar-refractivity contribution >= 4 is 16.9 Å². The molecule has 0 radical (unpaired) electrons. The highest BCUT2D eigenvalue weighted by Gasteiger charge is 2.32. The van der Waals surface area contributed by atoms with Crippen molar-refractivity contribution < 1.29 is 9.18 Å². The predicted octanol–water partition coefficient (Wildman–Crippen LogP) is 4.92. The summed E-state index contributed by atoms with van der Waals surface area (Å²) >= 11 is 0. The molecule has 0 saturated carbocycles. The van der Waals surface area contributed by atoms with E-state index in [1.54, 1.807) is 30.6 Å². The minimum atomic E-state index is -0.257. The fraction of sp³-hybridized carbons (Fsp3) is 0.400. The largest absolute Gasteiger partial charge is 0.351 e. The molecular formula is C25H29FN4O. The summed E-state index contributed by atoms with van der Waals surface area (Å²) in [4.78, 5) is 24.4. The highest BCUT2D eigenvalue weighted by molar-refractivity contribution is 5.93. The number of halogens is 1. The van der Waals surface area contributed by atoms with Gasteiger partial charge in [-0.2, -0.15) is 0 Å². The van der Waals surface area contributed by atoms with Gasteiger partial charge in [0.15, 0.2) is 0 Å². The van der Waals surface area contributed by atoms with E-state index in [9.17, 15) is 9.18 Å². The molecule has 3 atom stereocenters. The van der Waals surface area contributed by atoms with Crippen LogP contribution in [0.1, 0.15) is 43.4 Å². The van der Waals surface area contributed by atoms with Crippen molar-refractivity contribution in [3.8, 4) is 0 Å². The molecule has 162 valence electrons. The first-order chi connectivity index (χ1) is 14.9. The molecule has 0 unspecified atom stereocenters. The van der Waals surface area contributed by atoms with Crippen molar-refractivity contribution in [3.63, 3.8) is 0 Å². The Morgan fingerprint density at radius 2 is 2.16 bits per heavy atom. The summed E-state index contributed by atoms with van der Waals surface area (Å²) < 4.78 is 13.5. The number of aromatic nitrogens is 3. The minimum Gasteiger partial charge on any atom is -0.351 e. The van der Waals surface area contributed by atoms with Gasteiger partial charge in [-0.15, -0.1) is 0 Å². The number of pyridine rings is 1. The van der Waals surface area contributed by atoms with Crippen LogP contribution in [0.2, 0.25) is 0 Å². The molecule has 2 heterocycles. The van der Waals surface area contributed by atoms with Crippen molar-refractivity contribution in [1.82, 2.24) is 20.3 Å². The van der Waals surface area contributed by atoms with Gasteiger partial charge in [-0.25, -0.2) is 9.37 Å². The van der Waals surface area contributed by atoms with Crippen LogP contribution in [0.5, 0.6) is 0 Å². The van der Waals surface area contributed by atoms with Crippen LogP contribution in [0, 0.1) is 29.5 Å². The summed E-state index contributed by atoms with van der Waals surface area (Å²) in [6.45, 7) is 7.27. The van der Waals surface area contributed by atoms with Crippen LogP contribution in [-0.2, 0) is 6.42 Å². The number of aromatic amines is 1. The Morgan fingerprint density at radius 3 is 2.90 bits per heavy atom. The van der Waals surface area contributed by atoms with Gasteiger partial charge in [0.05, 0.1) is 16.6 Å². The first kappa shape index (κ1) is 21.2. The van der Waals surface area contributed by atoms with E-state index < -0.39 is 0 Å². The standard InChI is InChI=1S/C25H29FN4O/c1-15(2)21-10-18(11-24-29-22-7-6-20(26)12-23(22)30-24)16(3)9-19(21)14-28-25(31)17-5-4-8-27-13-17/h4-9,12-13,15,18-19,21H,10-11,14H2,1-3H3,(H,28,31)(H,29,30)/t18-,19-,21-/m0/s1. The third-order valence-electron chi connectivity index (χ3n) is 6.44. The highest BCUT2D eigenvalue weighted by Crippen LogP contribution is 2.38. The number of hydrogen-bond donors (Lipinski definition) is 2. The molecule has 3 aromatic rings. The number of rotatable bonds is 6. The van der Waals surface area contributed by atoms with Gasteiger partial charge < -0.3 is 10.3 Å². The smallest absolute Gasteiger partial charge is 0.252 e. The Morgan fingerprint density at radius 1 is 1.32 bits per heavy atom. The first-order valence-electron chi connectivity index (χ1n) is 10.9. The minimum absolute atomic E-state index is 0.0849. The van der Waals surface area contributed by atoms with Gasteiger partial charge in [0, 0.05) is 25.4 Å². The van der Waals surface area contributed by atoms with E-state index in [0.29, 0.717) is 35.8 Å². The van der Waals surface area contributed by atoms with Crippen molar-refractivity contribution in [2.24, 2.45) is 23.7 Å². The van der Waals surface area contributed by atoms with Crippen LogP contribution in [0.25, 0.3) is 11.0 Å². The number of imidazole rings is 1. The second-order valence-corrected chi connectivity index (χ2v) is 8.92. The maximum absolute atomic E-state index is 13.5. The number of carbonyl (C=O) groups excluding carboxylic acids is 1. The third kappa shape index (κ3) is 4.84. The van der Waals surface area contributed by atoms with E-state index in [4.69, 9.17) is 0 Å².